The maximum atomic E-state index is 6.19. The first-order valence-corrected chi connectivity index (χ1v) is 15.0. The Morgan fingerprint density at radius 3 is 1.86 bits per heavy atom. The van der Waals surface area contributed by atoms with Gasteiger partial charge < -0.3 is 9.32 Å². The summed E-state index contributed by atoms with van der Waals surface area (Å²) in [4.78, 5) is 2.37. The van der Waals surface area contributed by atoms with Crippen molar-refractivity contribution in [2.45, 2.75) is 0 Å². The molecule has 2 heteroatoms. The lowest BCUT2D eigenvalue weighted by molar-refractivity contribution is 0.669. The summed E-state index contributed by atoms with van der Waals surface area (Å²) in [5, 5.41) is 9.60. The molecule has 0 atom stereocenters. The van der Waals surface area contributed by atoms with E-state index in [0.29, 0.717) is 0 Å². The maximum Gasteiger partial charge on any atom is 0.136 e. The standard InChI is InChI=1S/C42H27NO/c1-2-9-28(10-3-1)31-13-8-14-34(23-31)43(35-20-19-29-11-4-5-12-30(29)24-35)36-21-22-37-32(25-36)17-18-33-26-42-40(27-39(33)37)38-15-6-7-16-41(38)44-42/h1-27H. The van der Waals surface area contributed by atoms with Crippen LogP contribution in [0.3, 0.4) is 0 Å². The third-order valence-electron chi connectivity index (χ3n) is 8.78. The van der Waals surface area contributed by atoms with E-state index in [0.717, 1.165) is 39.0 Å². The normalized spacial score (nSPS) is 11.6. The predicted molar refractivity (Wildman–Crippen MR) is 186 cm³/mol. The summed E-state index contributed by atoms with van der Waals surface area (Å²) in [7, 11) is 0. The highest BCUT2D eigenvalue weighted by Gasteiger charge is 2.16. The number of benzene rings is 8. The monoisotopic (exact) mass is 561 g/mol. The van der Waals surface area contributed by atoms with Gasteiger partial charge in [0, 0.05) is 27.8 Å². The minimum absolute atomic E-state index is 0.924. The SMILES string of the molecule is c1ccc(-c2cccc(N(c3ccc4ccccc4c3)c3ccc4c(ccc5cc6oc7ccccc7c6cc54)c3)c2)cc1. The van der Waals surface area contributed by atoms with Crippen molar-refractivity contribution in [1.29, 1.82) is 0 Å². The Labute approximate surface area is 255 Å². The first-order chi connectivity index (χ1) is 21.8. The summed E-state index contributed by atoms with van der Waals surface area (Å²) in [6, 6.07) is 58.7. The van der Waals surface area contributed by atoms with Crippen molar-refractivity contribution in [2.24, 2.45) is 0 Å². The number of fused-ring (bicyclic) bond motifs is 7. The molecule has 9 rings (SSSR count). The van der Waals surface area contributed by atoms with E-state index in [4.69, 9.17) is 4.42 Å². The average molecular weight is 562 g/mol. The second kappa shape index (κ2) is 9.86. The Morgan fingerprint density at radius 2 is 0.977 bits per heavy atom. The van der Waals surface area contributed by atoms with E-state index in [1.54, 1.807) is 0 Å². The van der Waals surface area contributed by atoms with Gasteiger partial charge in [-0.2, -0.15) is 0 Å². The fourth-order valence-electron chi connectivity index (χ4n) is 6.63. The summed E-state index contributed by atoms with van der Waals surface area (Å²) in [6.07, 6.45) is 0. The van der Waals surface area contributed by atoms with Crippen molar-refractivity contribution in [2.75, 3.05) is 4.90 Å². The molecule has 0 saturated carbocycles. The molecule has 0 saturated heterocycles. The summed E-state index contributed by atoms with van der Waals surface area (Å²) in [5.74, 6) is 0. The lowest BCUT2D eigenvalue weighted by Crippen LogP contribution is -2.10. The van der Waals surface area contributed by atoms with Gasteiger partial charge in [-0.25, -0.2) is 0 Å². The van der Waals surface area contributed by atoms with Crippen molar-refractivity contribution in [1.82, 2.24) is 0 Å². The van der Waals surface area contributed by atoms with E-state index >= 15 is 0 Å². The van der Waals surface area contributed by atoms with Crippen LogP contribution in [-0.2, 0) is 0 Å². The number of furan rings is 1. The van der Waals surface area contributed by atoms with Crippen LogP contribution in [0.15, 0.2) is 168 Å². The fraction of sp³-hybridized carbons (Fsp3) is 0. The third kappa shape index (κ3) is 4.04. The number of para-hydroxylation sites is 1. The van der Waals surface area contributed by atoms with Crippen molar-refractivity contribution in [3.8, 4) is 11.1 Å². The molecule has 0 aliphatic heterocycles. The number of anilines is 3. The molecule has 44 heavy (non-hydrogen) atoms. The topological polar surface area (TPSA) is 16.4 Å². The molecule has 0 N–H and O–H groups in total. The Hall–Kier alpha value is -5.86. The van der Waals surface area contributed by atoms with Crippen LogP contribution in [0, 0.1) is 0 Å². The van der Waals surface area contributed by atoms with Gasteiger partial charge in [0.25, 0.3) is 0 Å². The first kappa shape index (κ1) is 24.7. The van der Waals surface area contributed by atoms with Crippen LogP contribution in [0.4, 0.5) is 17.1 Å². The van der Waals surface area contributed by atoms with Gasteiger partial charge in [0.2, 0.25) is 0 Å². The largest absolute Gasteiger partial charge is 0.456 e. The smallest absolute Gasteiger partial charge is 0.136 e. The van der Waals surface area contributed by atoms with E-state index in [1.165, 1.54) is 43.4 Å². The van der Waals surface area contributed by atoms with Crippen LogP contribution in [0.5, 0.6) is 0 Å². The van der Waals surface area contributed by atoms with Gasteiger partial charge in [0.05, 0.1) is 0 Å². The quantitative estimate of drug-likeness (QED) is 0.199. The van der Waals surface area contributed by atoms with Crippen LogP contribution in [0.2, 0.25) is 0 Å². The van der Waals surface area contributed by atoms with E-state index in [9.17, 15) is 0 Å². The van der Waals surface area contributed by atoms with Gasteiger partial charge in [-0.3, -0.25) is 0 Å². The molecule has 0 aliphatic carbocycles. The Bertz CT molecular complexity index is 2510. The summed E-state index contributed by atoms with van der Waals surface area (Å²) in [6.45, 7) is 0. The molecule has 206 valence electrons. The van der Waals surface area contributed by atoms with E-state index in [1.807, 2.05) is 12.1 Å². The number of hydrogen-bond donors (Lipinski definition) is 0. The predicted octanol–water partition coefficient (Wildman–Crippen LogP) is 12.2. The zero-order valence-corrected chi connectivity index (χ0v) is 23.9. The summed E-state index contributed by atoms with van der Waals surface area (Å²) >= 11 is 0. The Morgan fingerprint density at radius 1 is 0.318 bits per heavy atom. The van der Waals surface area contributed by atoms with Crippen molar-refractivity contribution >= 4 is 71.3 Å². The van der Waals surface area contributed by atoms with Crippen LogP contribution in [-0.4, -0.2) is 0 Å². The number of rotatable bonds is 4. The number of nitrogens with zero attached hydrogens (tertiary/aromatic N) is 1. The van der Waals surface area contributed by atoms with Gasteiger partial charge >= 0.3 is 0 Å². The van der Waals surface area contributed by atoms with Crippen molar-refractivity contribution in [3.05, 3.63) is 164 Å². The molecule has 0 unspecified atom stereocenters. The highest BCUT2D eigenvalue weighted by Crippen LogP contribution is 2.41. The van der Waals surface area contributed by atoms with Gasteiger partial charge in [0.15, 0.2) is 0 Å². The van der Waals surface area contributed by atoms with Crippen LogP contribution < -0.4 is 4.90 Å². The van der Waals surface area contributed by atoms with Crippen LogP contribution in [0.1, 0.15) is 0 Å². The van der Waals surface area contributed by atoms with Gasteiger partial charge in [-0.1, -0.05) is 109 Å². The molecule has 0 bridgehead atoms. The van der Waals surface area contributed by atoms with E-state index in [-0.39, 0.29) is 0 Å². The average Bonchev–Trinajstić information content (AvgIpc) is 3.45. The lowest BCUT2D eigenvalue weighted by Gasteiger charge is -2.27. The minimum atomic E-state index is 0.924. The Kier molecular flexibility index (Phi) is 5.54. The molecule has 9 aromatic rings. The summed E-state index contributed by atoms with van der Waals surface area (Å²) in [5.41, 5.74) is 7.61. The highest BCUT2D eigenvalue weighted by atomic mass is 16.3. The van der Waals surface area contributed by atoms with E-state index in [2.05, 4.69) is 157 Å². The van der Waals surface area contributed by atoms with Crippen molar-refractivity contribution < 1.29 is 4.42 Å². The first-order valence-electron chi connectivity index (χ1n) is 15.0. The fourth-order valence-corrected chi connectivity index (χ4v) is 6.63. The summed E-state index contributed by atoms with van der Waals surface area (Å²) < 4.78 is 6.19. The molecule has 0 aliphatic rings. The van der Waals surface area contributed by atoms with E-state index < -0.39 is 0 Å². The molecule has 0 fully saturated rings. The second-order valence-corrected chi connectivity index (χ2v) is 11.4. The molecule has 1 aromatic heterocycles. The van der Waals surface area contributed by atoms with Gasteiger partial charge in [0.1, 0.15) is 11.2 Å². The molecule has 0 spiro atoms. The lowest BCUT2D eigenvalue weighted by atomic mass is 9.98. The maximum absolute atomic E-state index is 6.19. The van der Waals surface area contributed by atoms with Crippen LogP contribution >= 0.6 is 0 Å². The molecular formula is C42H27NO. The minimum Gasteiger partial charge on any atom is -0.456 e. The molecule has 2 nitrogen and oxygen atoms in total. The molecule has 8 aromatic carbocycles. The molecule has 1 heterocycles. The molecular weight excluding hydrogens is 534 g/mol. The second-order valence-electron chi connectivity index (χ2n) is 11.4. The zero-order valence-electron chi connectivity index (χ0n) is 23.9. The highest BCUT2D eigenvalue weighted by molar-refractivity contribution is 6.16. The molecule has 0 amide bonds. The number of hydrogen-bond acceptors (Lipinski definition) is 2. The Balaban J connectivity index is 1.24. The van der Waals surface area contributed by atoms with Crippen molar-refractivity contribution in [3.63, 3.8) is 0 Å². The molecule has 0 radical (unpaired) electrons. The van der Waals surface area contributed by atoms with Gasteiger partial charge in [-0.15, -0.1) is 0 Å². The zero-order chi connectivity index (χ0) is 29.0. The van der Waals surface area contributed by atoms with Crippen LogP contribution in [0.25, 0.3) is 65.4 Å². The third-order valence-corrected chi connectivity index (χ3v) is 8.78. The van der Waals surface area contributed by atoms with Gasteiger partial charge in [-0.05, 0) is 98.0 Å².